The summed E-state index contributed by atoms with van der Waals surface area (Å²) < 4.78 is 7.26. The number of ether oxygens (including phenoxy) is 1. The van der Waals surface area contributed by atoms with Crippen LogP contribution in [0.2, 0.25) is 0 Å². The van der Waals surface area contributed by atoms with Crippen LogP contribution in [0.1, 0.15) is 11.1 Å². The molecule has 5 heteroatoms. The first kappa shape index (κ1) is 17.9. The number of methoxy groups -OCH3 is 1. The normalized spacial score (nSPS) is 13.8. The number of hydrogen-bond donors (Lipinski definition) is 1. The molecule has 4 aromatic rings. The lowest BCUT2D eigenvalue weighted by Gasteiger charge is -2.05. The van der Waals surface area contributed by atoms with Crippen molar-refractivity contribution in [3.05, 3.63) is 96.2 Å². The van der Waals surface area contributed by atoms with Crippen molar-refractivity contribution in [3.63, 3.8) is 0 Å². The Morgan fingerprint density at radius 1 is 0.767 bits per heavy atom. The SMILES string of the molecule is COc1ccc(C2=C(c3cn(-c4ccccc4)c4ccccc34)C(=O)NC2=O)cc1. The molecule has 0 radical (unpaired) electrons. The molecule has 30 heavy (non-hydrogen) atoms. The van der Waals surface area contributed by atoms with Crippen LogP contribution < -0.4 is 10.1 Å². The van der Waals surface area contributed by atoms with Gasteiger partial charge in [-0.25, -0.2) is 0 Å². The number of imide groups is 1. The highest BCUT2D eigenvalue weighted by Crippen LogP contribution is 2.37. The molecule has 0 bridgehead atoms. The maximum absolute atomic E-state index is 12.9. The second-order valence-electron chi connectivity index (χ2n) is 7.03. The van der Waals surface area contributed by atoms with E-state index in [9.17, 15) is 9.59 Å². The quantitative estimate of drug-likeness (QED) is 0.528. The number of nitrogens with zero attached hydrogens (tertiary/aromatic N) is 1. The molecule has 1 N–H and O–H groups in total. The van der Waals surface area contributed by atoms with Crippen LogP contribution in [-0.4, -0.2) is 23.5 Å². The second kappa shape index (κ2) is 7.04. The Hall–Kier alpha value is -4.12. The molecule has 3 aromatic carbocycles. The van der Waals surface area contributed by atoms with Crippen molar-refractivity contribution in [2.24, 2.45) is 0 Å². The number of amides is 2. The smallest absolute Gasteiger partial charge is 0.259 e. The molecule has 0 spiro atoms. The summed E-state index contributed by atoms with van der Waals surface area (Å²) in [5.74, 6) is -0.0928. The van der Waals surface area contributed by atoms with Crippen LogP contribution in [0.4, 0.5) is 0 Å². The molecular formula is C25H18N2O3. The monoisotopic (exact) mass is 394 g/mol. The summed E-state index contributed by atoms with van der Waals surface area (Å²) >= 11 is 0. The molecule has 1 aliphatic rings. The topological polar surface area (TPSA) is 60.3 Å². The van der Waals surface area contributed by atoms with Crippen molar-refractivity contribution in [3.8, 4) is 11.4 Å². The van der Waals surface area contributed by atoms with Gasteiger partial charge in [0.25, 0.3) is 11.8 Å². The lowest BCUT2D eigenvalue weighted by atomic mass is 9.96. The average Bonchev–Trinajstić information content (AvgIpc) is 3.31. The van der Waals surface area contributed by atoms with Gasteiger partial charge < -0.3 is 9.30 Å². The van der Waals surface area contributed by atoms with E-state index in [2.05, 4.69) is 5.32 Å². The molecular weight excluding hydrogens is 376 g/mol. The van der Waals surface area contributed by atoms with Crippen LogP contribution in [0.25, 0.3) is 27.7 Å². The highest BCUT2D eigenvalue weighted by atomic mass is 16.5. The summed E-state index contributed by atoms with van der Waals surface area (Å²) in [6.45, 7) is 0. The van der Waals surface area contributed by atoms with Crippen LogP contribution in [0.3, 0.4) is 0 Å². The number of fused-ring (bicyclic) bond motifs is 1. The summed E-state index contributed by atoms with van der Waals surface area (Å²) in [6.07, 6.45) is 1.93. The van der Waals surface area contributed by atoms with Crippen molar-refractivity contribution in [1.29, 1.82) is 0 Å². The van der Waals surface area contributed by atoms with Gasteiger partial charge in [0, 0.05) is 22.8 Å². The minimum atomic E-state index is -0.392. The number of carbonyl (C=O) groups excluding carboxylic acids is 2. The molecule has 0 unspecified atom stereocenters. The predicted octanol–water partition coefficient (Wildman–Crippen LogP) is 4.21. The van der Waals surface area contributed by atoms with Crippen molar-refractivity contribution < 1.29 is 14.3 Å². The van der Waals surface area contributed by atoms with E-state index in [0.717, 1.165) is 22.2 Å². The zero-order valence-electron chi connectivity index (χ0n) is 16.3. The molecule has 0 saturated carbocycles. The molecule has 0 saturated heterocycles. The van der Waals surface area contributed by atoms with Crippen molar-refractivity contribution in [2.75, 3.05) is 7.11 Å². The molecule has 5 rings (SSSR count). The standard InChI is InChI=1S/C25H18N2O3/c1-30-18-13-11-16(12-14-18)22-23(25(29)26-24(22)28)20-15-27(17-7-3-2-4-8-17)21-10-6-5-9-19(20)21/h2-15H,1H3,(H,26,28,29). The molecule has 146 valence electrons. The van der Waals surface area contributed by atoms with Gasteiger partial charge in [0.05, 0.1) is 23.8 Å². The van der Waals surface area contributed by atoms with Gasteiger partial charge in [-0.05, 0) is 35.9 Å². The van der Waals surface area contributed by atoms with Crippen LogP contribution in [0, 0.1) is 0 Å². The highest BCUT2D eigenvalue weighted by Gasteiger charge is 2.33. The summed E-state index contributed by atoms with van der Waals surface area (Å²) in [6, 6.07) is 24.9. The van der Waals surface area contributed by atoms with E-state index < -0.39 is 5.91 Å². The van der Waals surface area contributed by atoms with Crippen molar-refractivity contribution >= 4 is 33.9 Å². The fraction of sp³-hybridized carbons (Fsp3) is 0.0400. The molecule has 1 aliphatic heterocycles. The zero-order chi connectivity index (χ0) is 20.7. The molecule has 0 atom stereocenters. The summed E-state index contributed by atoms with van der Waals surface area (Å²) in [4.78, 5) is 25.6. The second-order valence-corrected chi connectivity index (χ2v) is 7.03. The van der Waals surface area contributed by atoms with E-state index in [1.807, 2.05) is 65.4 Å². The molecule has 5 nitrogen and oxygen atoms in total. The van der Waals surface area contributed by atoms with Gasteiger partial charge in [0.15, 0.2) is 0 Å². The maximum atomic E-state index is 12.9. The first-order valence-electron chi connectivity index (χ1n) is 9.57. The Labute approximate surface area is 173 Å². The lowest BCUT2D eigenvalue weighted by Crippen LogP contribution is -2.22. The largest absolute Gasteiger partial charge is 0.497 e. The van der Waals surface area contributed by atoms with Crippen LogP contribution in [-0.2, 0) is 9.59 Å². The fourth-order valence-electron chi connectivity index (χ4n) is 3.93. The van der Waals surface area contributed by atoms with Crippen LogP contribution in [0.5, 0.6) is 5.75 Å². The molecule has 0 aliphatic carbocycles. The molecule has 1 aromatic heterocycles. The summed E-state index contributed by atoms with van der Waals surface area (Å²) in [5.41, 5.74) is 4.10. The van der Waals surface area contributed by atoms with E-state index in [1.54, 1.807) is 31.4 Å². The number of carbonyl (C=O) groups is 2. The Kier molecular flexibility index (Phi) is 4.21. The van der Waals surface area contributed by atoms with Crippen LogP contribution in [0.15, 0.2) is 85.1 Å². The molecule has 0 fully saturated rings. The lowest BCUT2D eigenvalue weighted by molar-refractivity contribution is -0.122. The first-order valence-corrected chi connectivity index (χ1v) is 9.57. The first-order chi connectivity index (χ1) is 14.7. The number of benzene rings is 3. The highest BCUT2D eigenvalue weighted by molar-refractivity contribution is 6.50. The van der Waals surface area contributed by atoms with Gasteiger partial charge >= 0.3 is 0 Å². The number of aromatic nitrogens is 1. The third kappa shape index (κ3) is 2.79. The number of hydrogen-bond acceptors (Lipinski definition) is 3. The van der Waals surface area contributed by atoms with Gasteiger partial charge in [-0.1, -0.05) is 48.5 Å². The summed E-state index contributed by atoms with van der Waals surface area (Å²) in [7, 11) is 1.59. The third-order valence-corrected chi connectivity index (χ3v) is 5.33. The van der Waals surface area contributed by atoms with Crippen LogP contribution >= 0.6 is 0 Å². The predicted molar refractivity (Wildman–Crippen MR) is 116 cm³/mol. The number of rotatable bonds is 4. The Balaban J connectivity index is 1.78. The minimum absolute atomic E-state index is 0.374. The Morgan fingerprint density at radius 2 is 1.43 bits per heavy atom. The summed E-state index contributed by atoms with van der Waals surface area (Å²) in [5, 5.41) is 3.37. The van der Waals surface area contributed by atoms with Gasteiger partial charge in [0.1, 0.15) is 5.75 Å². The molecule has 2 amide bonds. The van der Waals surface area contributed by atoms with Gasteiger partial charge in [-0.15, -0.1) is 0 Å². The van der Waals surface area contributed by atoms with Gasteiger partial charge in [-0.3, -0.25) is 14.9 Å². The van der Waals surface area contributed by atoms with E-state index in [-0.39, 0.29) is 5.91 Å². The minimum Gasteiger partial charge on any atom is -0.497 e. The number of para-hydroxylation sites is 2. The van der Waals surface area contributed by atoms with E-state index in [4.69, 9.17) is 4.74 Å². The van der Waals surface area contributed by atoms with Gasteiger partial charge in [-0.2, -0.15) is 0 Å². The van der Waals surface area contributed by atoms with E-state index >= 15 is 0 Å². The third-order valence-electron chi connectivity index (χ3n) is 5.33. The van der Waals surface area contributed by atoms with E-state index in [0.29, 0.717) is 22.5 Å². The Bertz CT molecular complexity index is 1320. The fourth-order valence-corrected chi connectivity index (χ4v) is 3.93. The zero-order valence-corrected chi connectivity index (χ0v) is 16.3. The van der Waals surface area contributed by atoms with Crippen molar-refractivity contribution in [2.45, 2.75) is 0 Å². The van der Waals surface area contributed by atoms with Crippen molar-refractivity contribution in [1.82, 2.24) is 9.88 Å². The maximum Gasteiger partial charge on any atom is 0.259 e. The number of nitrogens with one attached hydrogen (secondary N) is 1. The Morgan fingerprint density at radius 3 is 2.17 bits per heavy atom. The molecule has 2 heterocycles. The van der Waals surface area contributed by atoms with Gasteiger partial charge in [0.2, 0.25) is 0 Å². The van der Waals surface area contributed by atoms with E-state index in [1.165, 1.54) is 0 Å². The average molecular weight is 394 g/mol.